The fraction of sp³-hybridized carbons (Fsp3) is 0.731. The normalized spacial score (nSPS) is 21.7. The van der Waals surface area contributed by atoms with Gasteiger partial charge in [-0.25, -0.2) is 0 Å². The van der Waals surface area contributed by atoms with E-state index in [2.05, 4.69) is 60.1 Å². The van der Waals surface area contributed by atoms with Gasteiger partial charge < -0.3 is 25.8 Å². The number of hydrogen-bond donors (Lipinski definition) is 4. The van der Waals surface area contributed by atoms with Gasteiger partial charge in [-0.05, 0) is 56.9 Å². The second-order valence-corrected chi connectivity index (χ2v) is 9.75. The summed E-state index contributed by atoms with van der Waals surface area (Å²) in [7, 11) is 0. The quantitative estimate of drug-likeness (QED) is 0.326. The third kappa shape index (κ3) is 7.19. The highest BCUT2D eigenvalue weighted by atomic mass is 16.5. The maximum Gasteiger partial charge on any atom is 0.191 e. The van der Waals surface area contributed by atoms with Crippen molar-refractivity contribution in [3.63, 3.8) is 0 Å². The van der Waals surface area contributed by atoms with Gasteiger partial charge in [0, 0.05) is 51.0 Å². The standard InChI is InChI=1S/C26H44N4O2/c1-3-27-24(28-20-25(14-17-31)12-8-5-9-13-25)29-21-26(15-18-32-19-16-26)30-22(2)23-10-6-4-7-11-23/h4,6-7,10-11,22,30-31H,3,5,8-9,12-21H2,1-2H3,(H2,27,28,29). The molecule has 0 bridgehead atoms. The van der Waals surface area contributed by atoms with Gasteiger partial charge in [-0.3, -0.25) is 4.99 Å². The maximum absolute atomic E-state index is 9.64. The summed E-state index contributed by atoms with van der Waals surface area (Å²) >= 11 is 0. The Labute approximate surface area is 194 Å². The van der Waals surface area contributed by atoms with E-state index in [1.54, 1.807) is 0 Å². The minimum Gasteiger partial charge on any atom is -0.396 e. The molecule has 32 heavy (non-hydrogen) atoms. The van der Waals surface area contributed by atoms with E-state index in [9.17, 15) is 5.11 Å². The number of hydrogen-bond acceptors (Lipinski definition) is 4. The molecule has 0 radical (unpaired) electrons. The topological polar surface area (TPSA) is 77.9 Å². The van der Waals surface area contributed by atoms with Crippen molar-refractivity contribution >= 4 is 5.96 Å². The molecule has 1 aromatic carbocycles. The Morgan fingerprint density at radius 2 is 1.78 bits per heavy atom. The molecule has 1 aliphatic carbocycles. The summed E-state index contributed by atoms with van der Waals surface area (Å²) in [5.41, 5.74) is 1.44. The number of aliphatic imine (C=N–C) groups is 1. The lowest BCUT2D eigenvalue weighted by molar-refractivity contribution is 0.0354. The van der Waals surface area contributed by atoms with Crippen LogP contribution in [0.2, 0.25) is 0 Å². The second kappa shape index (κ2) is 12.6. The van der Waals surface area contributed by atoms with E-state index >= 15 is 0 Å². The molecule has 0 aromatic heterocycles. The average Bonchev–Trinajstić information content (AvgIpc) is 2.83. The summed E-state index contributed by atoms with van der Waals surface area (Å²) in [6, 6.07) is 10.9. The minimum absolute atomic E-state index is 0.0304. The van der Waals surface area contributed by atoms with Crippen LogP contribution >= 0.6 is 0 Å². The lowest BCUT2D eigenvalue weighted by atomic mass is 9.72. The molecule has 1 heterocycles. The van der Waals surface area contributed by atoms with Crippen molar-refractivity contribution in [3.05, 3.63) is 35.9 Å². The van der Waals surface area contributed by atoms with E-state index in [1.165, 1.54) is 37.7 Å². The van der Waals surface area contributed by atoms with E-state index in [0.29, 0.717) is 0 Å². The first kappa shape index (κ1) is 25.0. The monoisotopic (exact) mass is 444 g/mol. The van der Waals surface area contributed by atoms with Crippen LogP contribution in [0.4, 0.5) is 0 Å². The van der Waals surface area contributed by atoms with Crippen LogP contribution in [0.15, 0.2) is 35.3 Å². The Bertz CT molecular complexity index is 677. The number of aliphatic hydroxyl groups excluding tert-OH is 1. The van der Waals surface area contributed by atoms with Gasteiger partial charge in [-0.1, -0.05) is 49.6 Å². The van der Waals surface area contributed by atoms with Crippen molar-refractivity contribution in [1.29, 1.82) is 0 Å². The third-order valence-corrected chi connectivity index (χ3v) is 7.34. The van der Waals surface area contributed by atoms with Crippen LogP contribution in [0.5, 0.6) is 0 Å². The molecule has 1 saturated carbocycles. The molecule has 6 heteroatoms. The van der Waals surface area contributed by atoms with Crippen LogP contribution in [0.1, 0.15) is 76.8 Å². The highest BCUT2D eigenvalue weighted by Gasteiger charge is 2.35. The Balaban J connectivity index is 1.67. The van der Waals surface area contributed by atoms with Gasteiger partial charge in [0.25, 0.3) is 0 Å². The molecule has 1 unspecified atom stereocenters. The van der Waals surface area contributed by atoms with E-state index in [-0.39, 0.29) is 23.6 Å². The van der Waals surface area contributed by atoms with Gasteiger partial charge in [-0.2, -0.15) is 0 Å². The smallest absolute Gasteiger partial charge is 0.191 e. The van der Waals surface area contributed by atoms with Crippen molar-refractivity contribution in [2.75, 3.05) is 39.5 Å². The molecular formula is C26H44N4O2. The number of ether oxygens (including phenoxy) is 1. The summed E-state index contributed by atoms with van der Waals surface area (Å²) in [6.45, 7) is 8.60. The maximum atomic E-state index is 9.64. The molecule has 0 amide bonds. The first-order chi connectivity index (χ1) is 15.6. The number of nitrogens with one attached hydrogen (secondary N) is 3. The fourth-order valence-corrected chi connectivity index (χ4v) is 5.29. The molecule has 3 rings (SSSR count). The molecule has 2 aliphatic rings. The van der Waals surface area contributed by atoms with E-state index in [0.717, 1.165) is 58.1 Å². The Kier molecular flexibility index (Phi) is 9.82. The SMILES string of the molecule is CCNC(=NCC1(CCO)CCCCC1)NCC1(NC(C)c2ccccc2)CCOCC1. The summed E-state index contributed by atoms with van der Waals surface area (Å²) in [4.78, 5) is 5.01. The third-order valence-electron chi connectivity index (χ3n) is 7.34. The number of rotatable bonds is 10. The van der Waals surface area contributed by atoms with Gasteiger partial charge in [0.1, 0.15) is 0 Å². The molecule has 2 fully saturated rings. The molecule has 180 valence electrons. The van der Waals surface area contributed by atoms with Gasteiger partial charge >= 0.3 is 0 Å². The van der Waals surface area contributed by atoms with E-state index in [1.807, 2.05) is 0 Å². The zero-order valence-electron chi connectivity index (χ0n) is 20.2. The van der Waals surface area contributed by atoms with Crippen molar-refractivity contribution in [1.82, 2.24) is 16.0 Å². The highest BCUT2D eigenvalue weighted by molar-refractivity contribution is 5.79. The van der Waals surface area contributed by atoms with Gasteiger partial charge in [0.2, 0.25) is 0 Å². The predicted molar refractivity (Wildman–Crippen MR) is 132 cm³/mol. The number of nitrogens with zero attached hydrogens (tertiary/aromatic N) is 1. The van der Waals surface area contributed by atoms with Crippen molar-refractivity contribution in [2.45, 2.75) is 76.8 Å². The highest BCUT2D eigenvalue weighted by Crippen LogP contribution is 2.39. The predicted octanol–water partition coefficient (Wildman–Crippen LogP) is 3.77. The van der Waals surface area contributed by atoms with Crippen molar-refractivity contribution in [3.8, 4) is 0 Å². The average molecular weight is 445 g/mol. The zero-order chi connectivity index (χ0) is 22.7. The van der Waals surface area contributed by atoms with Crippen molar-refractivity contribution < 1.29 is 9.84 Å². The first-order valence-corrected chi connectivity index (χ1v) is 12.6. The van der Waals surface area contributed by atoms with Gasteiger partial charge in [0.15, 0.2) is 5.96 Å². The van der Waals surface area contributed by atoms with Gasteiger partial charge in [0.05, 0.1) is 0 Å². The van der Waals surface area contributed by atoms with E-state index in [4.69, 9.17) is 9.73 Å². The first-order valence-electron chi connectivity index (χ1n) is 12.6. The summed E-state index contributed by atoms with van der Waals surface area (Å²) < 4.78 is 5.70. The Hall–Kier alpha value is -1.63. The molecule has 1 atom stereocenters. The fourth-order valence-electron chi connectivity index (χ4n) is 5.29. The molecule has 6 nitrogen and oxygen atoms in total. The Morgan fingerprint density at radius 3 is 2.44 bits per heavy atom. The molecule has 0 spiro atoms. The lowest BCUT2D eigenvalue weighted by Crippen LogP contribution is -2.58. The van der Waals surface area contributed by atoms with Crippen LogP contribution in [-0.2, 0) is 4.74 Å². The second-order valence-electron chi connectivity index (χ2n) is 9.75. The van der Waals surface area contributed by atoms with Crippen LogP contribution in [-0.4, -0.2) is 56.1 Å². The molecule has 4 N–H and O–H groups in total. The van der Waals surface area contributed by atoms with Crippen LogP contribution in [0.25, 0.3) is 0 Å². The minimum atomic E-state index is -0.0304. The van der Waals surface area contributed by atoms with Crippen LogP contribution < -0.4 is 16.0 Å². The molecular weight excluding hydrogens is 400 g/mol. The number of benzene rings is 1. The summed E-state index contributed by atoms with van der Waals surface area (Å²) in [5.74, 6) is 0.885. The zero-order valence-corrected chi connectivity index (χ0v) is 20.2. The van der Waals surface area contributed by atoms with Crippen LogP contribution in [0.3, 0.4) is 0 Å². The molecule has 1 saturated heterocycles. The van der Waals surface area contributed by atoms with Crippen LogP contribution in [0, 0.1) is 5.41 Å². The van der Waals surface area contributed by atoms with Crippen molar-refractivity contribution in [2.24, 2.45) is 10.4 Å². The number of guanidine groups is 1. The van der Waals surface area contributed by atoms with Gasteiger partial charge in [-0.15, -0.1) is 0 Å². The molecule has 1 aromatic rings. The summed E-state index contributed by atoms with van der Waals surface area (Å²) in [5, 5.41) is 20.6. The number of aliphatic hydroxyl groups is 1. The summed E-state index contributed by atoms with van der Waals surface area (Å²) in [6.07, 6.45) is 8.98. The largest absolute Gasteiger partial charge is 0.396 e. The molecule has 1 aliphatic heterocycles. The lowest BCUT2D eigenvalue weighted by Gasteiger charge is -2.41. The Morgan fingerprint density at radius 1 is 1.06 bits per heavy atom. The van der Waals surface area contributed by atoms with E-state index < -0.39 is 0 Å².